The molecule has 0 amide bonds. The van der Waals surface area contributed by atoms with Gasteiger partial charge in [0.1, 0.15) is 0 Å². The van der Waals surface area contributed by atoms with E-state index in [9.17, 15) is 5.11 Å². The van der Waals surface area contributed by atoms with Crippen LogP contribution in [0.5, 0.6) is 0 Å². The minimum atomic E-state index is 0.300. The van der Waals surface area contributed by atoms with Gasteiger partial charge in [-0.25, -0.2) is 0 Å². The van der Waals surface area contributed by atoms with Crippen LogP contribution >= 0.6 is 0 Å². The molecule has 0 saturated heterocycles. The summed E-state index contributed by atoms with van der Waals surface area (Å²) >= 11 is 0. The molecule has 0 radical (unpaired) electrons. The van der Waals surface area contributed by atoms with E-state index in [1.807, 2.05) is 0 Å². The van der Waals surface area contributed by atoms with Crippen LogP contribution in [0.3, 0.4) is 0 Å². The number of unbranched alkanes of at least 4 members (excludes halogenated alkanes) is 6. The van der Waals surface area contributed by atoms with Crippen LogP contribution in [-0.4, -0.2) is 11.7 Å². The minimum absolute atomic E-state index is 0.300. The predicted octanol–water partition coefficient (Wildman–Crippen LogP) is 7.26. The second-order valence-corrected chi connectivity index (χ2v) is 9.61. The molecular formula is C25H45NO. The van der Waals surface area contributed by atoms with Gasteiger partial charge in [0.05, 0.1) is 6.07 Å². The summed E-state index contributed by atoms with van der Waals surface area (Å²) in [5, 5.41) is 18.8. The van der Waals surface area contributed by atoms with Gasteiger partial charge in [-0.1, -0.05) is 71.1 Å². The molecule has 156 valence electrons. The minimum Gasteiger partial charge on any atom is -0.396 e. The zero-order chi connectivity index (χ0) is 19.3. The SMILES string of the molecule is CCCCCCCCCC1CCC(C(CCO)C2CCC(C#N)CC2)CC1. The molecule has 0 bridgehead atoms. The lowest BCUT2D eigenvalue weighted by atomic mass is 9.65. The summed E-state index contributed by atoms with van der Waals surface area (Å²) in [6.45, 7) is 2.64. The van der Waals surface area contributed by atoms with Crippen molar-refractivity contribution >= 4 is 0 Å². The number of rotatable bonds is 12. The first-order valence-electron chi connectivity index (χ1n) is 12.3. The molecule has 1 unspecified atom stereocenters. The molecule has 27 heavy (non-hydrogen) atoms. The van der Waals surface area contributed by atoms with Crippen molar-refractivity contribution in [3.63, 3.8) is 0 Å². The van der Waals surface area contributed by atoms with E-state index >= 15 is 0 Å². The van der Waals surface area contributed by atoms with Crippen LogP contribution in [0.4, 0.5) is 0 Å². The summed E-state index contributed by atoms with van der Waals surface area (Å²) < 4.78 is 0. The molecule has 2 fully saturated rings. The van der Waals surface area contributed by atoms with Crippen molar-refractivity contribution in [3.8, 4) is 6.07 Å². The zero-order valence-corrected chi connectivity index (χ0v) is 18.0. The second kappa shape index (κ2) is 13.6. The molecule has 2 aliphatic rings. The molecule has 2 heteroatoms. The second-order valence-electron chi connectivity index (χ2n) is 9.61. The third-order valence-electron chi connectivity index (χ3n) is 7.74. The summed E-state index contributed by atoms with van der Waals surface area (Å²) in [6.07, 6.45) is 22.7. The number of nitriles is 1. The van der Waals surface area contributed by atoms with Gasteiger partial charge in [0.2, 0.25) is 0 Å². The quantitative estimate of drug-likeness (QED) is 0.365. The van der Waals surface area contributed by atoms with Gasteiger partial charge in [0.15, 0.2) is 0 Å². The maximum atomic E-state index is 9.62. The predicted molar refractivity (Wildman–Crippen MR) is 114 cm³/mol. The van der Waals surface area contributed by atoms with Crippen LogP contribution in [0.15, 0.2) is 0 Å². The van der Waals surface area contributed by atoms with Crippen LogP contribution < -0.4 is 0 Å². The third kappa shape index (κ3) is 8.15. The molecule has 0 aliphatic heterocycles. The van der Waals surface area contributed by atoms with Gasteiger partial charge in [0, 0.05) is 12.5 Å². The Labute approximate surface area is 169 Å². The van der Waals surface area contributed by atoms with E-state index in [0.717, 1.165) is 37.0 Å². The lowest BCUT2D eigenvalue weighted by molar-refractivity contribution is 0.0918. The molecule has 2 saturated carbocycles. The summed E-state index contributed by atoms with van der Waals surface area (Å²) in [5.41, 5.74) is 0. The Morgan fingerprint density at radius 3 is 1.93 bits per heavy atom. The zero-order valence-electron chi connectivity index (χ0n) is 18.0. The Bertz CT molecular complexity index is 399. The van der Waals surface area contributed by atoms with Crippen molar-refractivity contribution in [1.82, 2.24) is 0 Å². The molecular weight excluding hydrogens is 330 g/mol. The molecule has 0 aromatic rings. The normalized spacial score (nSPS) is 30.0. The molecule has 0 spiro atoms. The van der Waals surface area contributed by atoms with Gasteiger partial charge in [-0.15, -0.1) is 0 Å². The standard InChI is InChI=1S/C25H45NO/c1-2-3-4-5-6-7-8-9-21-10-14-23(15-11-21)25(18-19-27)24-16-12-22(20-26)13-17-24/h21-25,27H,2-19H2,1H3. The van der Waals surface area contributed by atoms with Crippen LogP contribution in [0.2, 0.25) is 0 Å². The molecule has 0 heterocycles. The lowest BCUT2D eigenvalue weighted by Gasteiger charge is -2.40. The van der Waals surface area contributed by atoms with Crippen molar-refractivity contribution in [3.05, 3.63) is 0 Å². The molecule has 2 nitrogen and oxygen atoms in total. The number of hydrogen-bond acceptors (Lipinski definition) is 2. The topological polar surface area (TPSA) is 44.0 Å². The first kappa shape index (κ1) is 22.7. The van der Waals surface area contributed by atoms with E-state index in [1.54, 1.807) is 0 Å². The Kier molecular flexibility index (Phi) is 11.5. The van der Waals surface area contributed by atoms with Crippen molar-refractivity contribution in [2.24, 2.45) is 29.6 Å². The van der Waals surface area contributed by atoms with Crippen LogP contribution in [-0.2, 0) is 0 Å². The van der Waals surface area contributed by atoms with Crippen molar-refractivity contribution in [1.29, 1.82) is 5.26 Å². The Hall–Kier alpha value is -0.550. The van der Waals surface area contributed by atoms with Crippen molar-refractivity contribution in [2.75, 3.05) is 6.61 Å². The van der Waals surface area contributed by atoms with Gasteiger partial charge < -0.3 is 5.11 Å². The number of nitrogens with zero attached hydrogens (tertiary/aromatic N) is 1. The molecule has 1 N–H and O–H groups in total. The largest absolute Gasteiger partial charge is 0.396 e. The van der Waals surface area contributed by atoms with Crippen LogP contribution in [0.1, 0.15) is 116 Å². The Balaban J connectivity index is 1.64. The highest BCUT2D eigenvalue weighted by atomic mass is 16.3. The van der Waals surface area contributed by atoms with E-state index in [1.165, 1.54) is 89.9 Å². The molecule has 0 aromatic heterocycles. The fourth-order valence-electron chi connectivity index (χ4n) is 5.98. The van der Waals surface area contributed by atoms with Gasteiger partial charge >= 0.3 is 0 Å². The number of aliphatic hydroxyl groups is 1. The molecule has 2 aliphatic carbocycles. The van der Waals surface area contributed by atoms with Crippen molar-refractivity contribution in [2.45, 2.75) is 116 Å². The average molecular weight is 376 g/mol. The lowest BCUT2D eigenvalue weighted by Crippen LogP contribution is -2.31. The monoisotopic (exact) mass is 375 g/mol. The summed E-state index contributed by atoms with van der Waals surface area (Å²) in [4.78, 5) is 0. The molecule has 2 rings (SSSR count). The van der Waals surface area contributed by atoms with E-state index in [-0.39, 0.29) is 0 Å². The van der Waals surface area contributed by atoms with Gasteiger partial charge in [-0.05, 0) is 68.6 Å². The maximum Gasteiger partial charge on any atom is 0.0655 e. The fraction of sp³-hybridized carbons (Fsp3) is 0.960. The highest BCUT2D eigenvalue weighted by Crippen LogP contribution is 2.44. The maximum absolute atomic E-state index is 9.62. The first-order valence-corrected chi connectivity index (χ1v) is 12.3. The van der Waals surface area contributed by atoms with E-state index in [4.69, 9.17) is 5.26 Å². The highest BCUT2D eigenvalue weighted by Gasteiger charge is 2.34. The number of aliphatic hydroxyl groups excluding tert-OH is 1. The third-order valence-corrected chi connectivity index (χ3v) is 7.74. The highest BCUT2D eigenvalue weighted by molar-refractivity contribution is 4.90. The van der Waals surface area contributed by atoms with E-state index in [2.05, 4.69) is 13.0 Å². The Morgan fingerprint density at radius 1 is 0.815 bits per heavy atom. The average Bonchev–Trinajstić information content (AvgIpc) is 2.72. The van der Waals surface area contributed by atoms with Gasteiger partial charge in [-0.2, -0.15) is 5.26 Å². The van der Waals surface area contributed by atoms with Gasteiger partial charge in [-0.3, -0.25) is 0 Å². The van der Waals surface area contributed by atoms with Gasteiger partial charge in [0.25, 0.3) is 0 Å². The molecule has 0 aromatic carbocycles. The first-order chi connectivity index (χ1) is 13.3. The number of hydrogen-bond donors (Lipinski definition) is 1. The smallest absolute Gasteiger partial charge is 0.0655 e. The molecule has 1 atom stereocenters. The summed E-state index contributed by atoms with van der Waals surface area (Å²) in [6, 6.07) is 2.47. The van der Waals surface area contributed by atoms with Crippen molar-refractivity contribution < 1.29 is 5.11 Å². The van der Waals surface area contributed by atoms with E-state index in [0.29, 0.717) is 18.4 Å². The summed E-state index contributed by atoms with van der Waals surface area (Å²) in [7, 11) is 0. The fourth-order valence-corrected chi connectivity index (χ4v) is 5.98. The Morgan fingerprint density at radius 2 is 1.37 bits per heavy atom. The van der Waals surface area contributed by atoms with Crippen LogP contribution in [0.25, 0.3) is 0 Å². The van der Waals surface area contributed by atoms with E-state index < -0.39 is 0 Å². The van der Waals surface area contributed by atoms with Crippen LogP contribution in [0, 0.1) is 40.9 Å². The summed E-state index contributed by atoms with van der Waals surface area (Å²) in [5.74, 6) is 3.60.